The van der Waals surface area contributed by atoms with Crippen molar-refractivity contribution >= 4 is 17.2 Å². The van der Waals surface area contributed by atoms with Crippen LogP contribution in [0.2, 0.25) is 0 Å². The molecule has 2 aliphatic rings. The van der Waals surface area contributed by atoms with Crippen LogP contribution in [-0.4, -0.2) is 50.3 Å². The summed E-state index contributed by atoms with van der Waals surface area (Å²) in [7, 11) is 2.16. The lowest BCUT2D eigenvalue weighted by Crippen LogP contribution is -2.38. The predicted octanol–water partition coefficient (Wildman–Crippen LogP) is 4.05. The maximum Gasteiger partial charge on any atom is 0.261 e. The van der Waals surface area contributed by atoms with Crippen molar-refractivity contribution in [1.29, 1.82) is 0 Å². The Kier molecular flexibility index (Phi) is 6.85. The molecule has 2 aromatic rings. The number of carbonyl (C=O) groups is 1. The summed E-state index contributed by atoms with van der Waals surface area (Å²) >= 11 is 1.54. The second kappa shape index (κ2) is 9.74. The maximum atomic E-state index is 12.6. The summed E-state index contributed by atoms with van der Waals surface area (Å²) in [6.07, 6.45) is 4.61. The molecule has 1 aliphatic carbocycles. The summed E-state index contributed by atoms with van der Waals surface area (Å²) in [5.41, 5.74) is 2.27. The zero-order valence-electron chi connectivity index (χ0n) is 17.1. The zero-order chi connectivity index (χ0) is 20.1. The first-order valence-electron chi connectivity index (χ1n) is 10.6. The molecule has 0 bridgehead atoms. The van der Waals surface area contributed by atoms with Gasteiger partial charge in [0.1, 0.15) is 12.4 Å². The third-order valence-corrected chi connectivity index (χ3v) is 6.73. The van der Waals surface area contributed by atoms with E-state index < -0.39 is 0 Å². The smallest absolute Gasteiger partial charge is 0.261 e. The van der Waals surface area contributed by atoms with E-state index >= 15 is 0 Å². The molecule has 1 N–H and O–H groups in total. The molecular weight excluding hydrogens is 384 g/mol. The average molecular weight is 415 g/mol. The quantitative estimate of drug-likeness (QED) is 0.673. The standard InChI is InChI=1S/C23H30N2O3S/c1-25(19-7-11-27-12-8-19)10-13-28-20-4-2-3-17(15-20)16-24-23(26)22-21(9-14-29-22)18-5-6-18/h2-4,9,14-15,18-19H,5-8,10-13,16H2,1H3,(H,24,26). The normalized spacial score (nSPS) is 17.4. The number of ether oxygens (including phenoxy) is 2. The summed E-state index contributed by atoms with van der Waals surface area (Å²) in [5.74, 6) is 1.48. The molecule has 156 valence electrons. The Labute approximate surface area is 177 Å². The van der Waals surface area contributed by atoms with Gasteiger partial charge >= 0.3 is 0 Å². The van der Waals surface area contributed by atoms with E-state index in [1.54, 1.807) is 11.3 Å². The molecule has 2 heterocycles. The lowest BCUT2D eigenvalue weighted by atomic mass is 10.1. The van der Waals surface area contributed by atoms with Gasteiger partial charge in [0.25, 0.3) is 5.91 Å². The first kappa shape index (κ1) is 20.4. The van der Waals surface area contributed by atoms with E-state index in [2.05, 4.69) is 23.3 Å². The average Bonchev–Trinajstić information content (AvgIpc) is 3.49. The summed E-state index contributed by atoms with van der Waals surface area (Å²) in [6, 6.07) is 10.7. The first-order chi connectivity index (χ1) is 14.2. The Morgan fingerprint density at radius 3 is 2.86 bits per heavy atom. The number of nitrogens with one attached hydrogen (secondary N) is 1. The van der Waals surface area contributed by atoms with Crippen LogP contribution in [0.15, 0.2) is 35.7 Å². The van der Waals surface area contributed by atoms with Gasteiger partial charge in [-0.05, 0) is 73.4 Å². The van der Waals surface area contributed by atoms with Crippen LogP contribution < -0.4 is 10.1 Å². The number of benzene rings is 1. The molecule has 0 atom stereocenters. The number of rotatable bonds is 9. The lowest BCUT2D eigenvalue weighted by molar-refractivity contribution is 0.0392. The Hall–Kier alpha value is -1.89. The second-order valence-corrected chi connectivity index (χ2v) is 8.90. The van der Waals surface area contributed by atoms with Crippen LogP contribution in [0.5, 0.6) is 5.75 Å². The van der Waals surface area contributed by atoms with Crippen LogP contribution in [0.4, 0.5) is 0 Å². The highest BCUT2D eigenvalue weighted by molar-refractivity contribution is 7.12. The van der Waals surface area contributed by atoms with E-state index in [0.717, 1.165) is 48.8 Å². The molecule has 1 saturated carbocycles. The van der Waals surface area contributed by atoms with Gasteiger partial charge in [0.15, 0.2) is 0 Å². The number of hydrogen-bond donors (Lipinski definition) is 1. The van der Waals surface area contributed by atoms with Crippen molar-refractivity contribution in [2.24, 2.45) is 0 Å². The molecule has 4 rings (SSSR count). The number of amides is 1. The Morgan fingerprint density at radius 1 is 1.24 bits per heavy atom. The first-order valence-corrected chi connectivity index (χ1v) is 11.4. The highest BCUT2D eigenvalue weighted by atomic mass is 32.1. The molecule has 0 unspecified atom stereocenters. The summed E-state index contributed by atoms with van der Waals surface area (Å²) in [6.45, 7) is 3.78. The number of likely N-dealkylation sites (N-methyl/N-ethyl adjacent to an activating group) is 1. The minimum Gasteiger partial charge on any atom is -0.492 e. The minimum absolute atomic E-state index is 0.0336. The molecule has 5 nitrogen and oxygen atoms in total. The van der Waals surface area contributed by atoms with Gasteiger partial charge in [-0.3, -0.25) is 9.69 Å². The highest BCUT2D eigenvalue weighted by Gasteiger charge is 2.28. The van der Waals surface area contributed by atoms with Crippen LogP contribution in [0.25, 0.3) is 0 Å². The van der Waals surface area contributed by atoms with Crippen molar-refractivity contribution in [3.8, 4) is 5.75 Å². The number of thiophene rings is 1. The van der Waals surface area contributed by atoms with Crippen molar-refractivity contribution in [3.63, 3.8) is 0 Å². The maximum absolute atomic E-state index is 12.6. The van der Waals surface area contributed by atoms with E-state index in [1.807, 2.05) is 29.6 Å². The van der Waals surface area contributed by atoms with Gasteiger partial charge < -0.3 is 14.8 Å². The van der Waals surface area contributed by atoms with Crippen molar-refractivity contribution in [1.82, 2.24) is 10.2 Å². The molecule has 1 aromatic carbocycles. The molecule has 29 heavy (non-hydrogen) atoms. The summed E-state index contributed by atoms with van der Waals surface area (Å²) < 4.78 is 11.4. The van der Waals surface area contributed by atoms with Crippen LogP contribution in [0.3, 0.4) is 0 Å². The Bertz CT molecular complexity index is 812. The molecule has 1 saturated heterocycles. The van der Waals surface area contributed by atoms with Gasteiger partial charge in [0, 0.05) is 32.3 Å². The number of carbonyl (C=O) groups excluding carboxylic acids is 1. The fourth-order valence-electron chi connectivity index (χ4n) is 3.84. The third kappa shape index (κ3) is 5.59. The molecular formula is C23H30N2O3S. The highest BCUT2D eigenvalue weighted by Crippen LogP contribution is 2.43. The van der Waals surface area contributed by atoms with Gasteiger partial charge in [-0.2, -0.15) is 0 Å². The van der Waals surface area contributed by atoms with Crippen LogP contribution >= 0.6 is 11.3 Å². The van der Waals surface area contributed by atoms with Crippen molar-refractivity contribution in [2.75, 3.05) is 33.4 Å². The van der Waals surface area contributed by atoms with E-state index in [1.165, 1.54) is 18.4 Å². The van der Waals surface area contributed by atoms with E-state index in [-0.39, 0.29) is 5.91 Å². The monoisotopic (exact) mass is 414 g/mol. The largest absolute Gasteiger partial charge is 0.492 e. The zero-order valence-corrected chi connectivity index (χ0v) is 17.9. The van der Waals surface area contributed by atoms with Gasteiger partial charge in [0.05, 0.1) is 4.88 Å². The van der Waals surface area contributed by atoms with Crippen LogP contribution in [0.1, 0.15) is 52.4 Å². The van der Waals surface area contributed by atoms with Crippen LogP contribution in [0, 0.1) is 0 Å². The molecule has 1 aliphatic heterocycles. The second-order valence-electron chi connectivity index (χ2n) is 7.98. The molecule has 0 radical (unpaired) electrons. The van der Waals surface area contributed by atoms with Crippen LogP contribution in [-0.2, 0) is 11.3 Å². The van der Waals surface area contributed by atoms with Crippen molar-refractivity contribution in [3.05, 3.63) is 51.7 Å². The fraction of sp³-hybridized carbons (Fsp3) is 0.522. The predicted molar refractivity (Wildman–Crippen MR) is 116 cm³/mol. The van der Waals surface area contributed by atoms with E-state index in [0.29, 0.717) is 25.1 Å². The number of nitrogens with zero attached hydrogens (tertiary/aromatic N) is 1. The molecule has 1 amide bonds. The molecule has 2 fully saturated rings. The van der Waals surface area contributed by atoms with Gasteiger partial charge in [-0.25, -0.2) is 0 Å². The SMILES string of the molecule is CN(CCOc1cccc(CNC(=O)c2sccc2C2CC2)c1)C1CCOCC1. The van der Waals surface area contributed by atoms with Crippen molar-refractivity contribution in [2.45, 2.75) is 44.2 Å². The van der Waals surface area contributed by atoms with Gasteiger partial charge in [-0.15, -0.1) is 11.3 Å². The Morgan fingerprint density at radius 2 is 2.07 bits per heavy atom. The fourth-order valence-corrected chi connectivity index (χ4v) is 4.74. The Balaban J connectivity index is 1.24. The van der Waals surface area contributed by atoms with Gasteiger partial charge in [-0.1, -0.05) is 12.1 Å². The van der Waals surface area contributed by atoms with Gasteiger partial charge in [0.2, 0.25) is 0 Å². The molecule has 1 aromatic heterocycles. The minimum atomic E-state index is 0.0336. The topological polar surface area (TPSA) is 50.8 Å². The number of hydrogen-bond acceptors (Lipinski definition) is 5. The van der Waals surface area contributed by atoms with E-state index in [9.17, 15) is 4.79 Å². The lowest BCUT2D eigenvalue weighted by Gasteiger charge is -2.31. The summed E-state index contributed by atoms with van der Waals surface area (Å²) in [4.78, 5) is 15.8. The molecule has 0 spiro atoms. The van der Waals surface area contributed by atoms with Crippen molar-refractivity contribution < 1.29 is 14.3 Å². The molecule has 6 heteroatoms. The van der Waals surface area contributed by atoms with E-state index in [4.69, 9.17) is 9.47 Å². The summed E-state index contributed by atoms with van der Waals surface area (Å²) in [5, 5.41) is 5.09. The third-order valence-electron chi connectivity index (χ3n) is 5.80.